The van der Waals surface area contributed by atoms with Crippen LogP contribution in [0.4, 0.5) is 0 Å². The zero-order chi connectivity index (χ0) is 23.7. The summed E-state index contributed by atoms with van der Waals surface area (Å²) in [6.07, 6.45) is 6.65. The number of carbonyl (C=O) groups excluding carboxylic acids is 1. The van der Waals surface area contributed by atoms with E-state index >= 15 is 0 Å². The van der Waals surface area contributed by atoms with Crippen molar-refractivity contribution in [1.29, 1.82) is 0 Å². The van der Waals surface area contributed by atoms with Gasteiger partial charge in [0.05, 0.1) is 10.9 Å². The highest BCUT2D eigenvalue weighted by Gasteiger charge is 2.51. The Morgan fingerprint density at radius 1 is 0.676 bits per heavy atom. The van der Waals surface area contributed by atoms with Crippen LogP contribution in [0.15, 0.2) is 93.5 Å². The molecule has 0 spiro atoms. The van der Waals surface area contributed by atoms with E-state index in [1.165, 1.54) is 45.1 Å². The van der Waals surface area contributed by atoms with Gasteiger partial charge in [0.1, 0.15) is 0 Å². The molecule has 3 aromatic rings. The molecule has 34 heavy (non-hydrogen) atoms. The highest BCUT2D eigenvalue weighted by molar-refractivity contribution is 7.97. The van der Waals surface area contributed by atoms with Crippen LogP contribution in [0.2, 0.25) is 0 Å². The molecule has 3 heteroatoms. The van der Waals surface area contributed by atoms with Crippen molar-refractivity contribution < 1.29 is 9.90 Å². The average molecular weight is 471 g/mol. The van der Waals surface area contributed by atoms with Crippen molar-refractivity contribution in [1.82, 2.24) is 0 Å². The molecule has 0 atom stereocenters. The van der Waals surface area contributed by atoms with E-state index in [0.29, 0.717) is 17.8 Å². The van der Waals surface area contributed by atoms with Gasteiger partial charge in [-0.1, -0.05) is 53.6 Å². The number of carbonyl (C=O) groups is 1. The fraction of sp³-hybridized carbons (Fsp3) is 0.387. The zero-order valence-corrected chi connectivity index (χ0v) is 21.0. The molecule has 0 radical (unpaired) electrons. The fourth-order valence-electron chi connectivity index (χ4n) is 6.67. The molecule has 4 fully saturated rings. The van der Waals surface area contributed by atoms with Gasteiger partial charge < -0.3 is 9.90 Å². The van der Waals surface area contributed by atoms with Crippen LogP contribution in [0.25, 0.3) is 0 Å². The first kappa shape index (κ1) is 23.2. The second-order valence-corrected chi connectivity index (χ2v) is 12.8. The number of hydrogen-bond donors (Lipinski definition) is 0. The highest BCUT2D eigenvalue weighted by Crippen LogP contribution is 2.59. The second-order valence-electron chi connectivity index (χ2n) is 10.7. The largest absolute Gasteiger partial charge is 0.550 e. The smallest absolute Gasteiger partial charge is 0.166 e. The number of benzene rings is 3. The minimum Gasteiger partial charge on any atom is -0.550 e. The summed E-state index contributed by atoms with van der Waals surface area (Å²) in [7, 11) is -0.0312. The van der Waals surface area contributed by atoms with Crippen LogP contribution in [0.5, 0.6) is 0 Å². The Bertz CT molecular complexity index is 1040. The van der Waals surface area contributed by atoms with E-state index in [1.807, 2.05) is 0 Å². The minimum atomic E-state index is -0.758. The summed E-state index contributed by atoms with van der Waals surface area (Å²) in [6, 6.07) is 28.6. The molecule has 4 bridgehead atoms. The SMILES string of the molecule is Cc1ccc([S+](c2ccccc2)c2ccc(C)cc2)cc1.O=C([O-])C12CC3CC(CC(C3)C1)C2. The van der Waals surface area contributed by atoms with Crippen LogP contribution < -0.4 is 5.11 Å². The molecule has 4 aliphatic carbocycles. The summed E-state index contributed by atoms with van der Waals surface area (Å²) in [4.78, 5) is 15.2. The van der Waals surface area contributed by atoms with Gasteiger partial charge in [-0.2, -0.15) is 0 Å². The Kier molecular flexibility index (Phi) is 6.57. The van der Waals surface area contributed by atoms with Crippen molar-refractivity contribution in [2.75, 3.05) is 0 Å². The van der Waals surface area contributed by atoms with E-state index in [9.17, 15) is 9.90 Å². The lowest BCUT2D eigenvalue weighted by Crippen LogP contribution is -2.54. The third-order valence-corrected chi connectivity index (χ3v) is 10.2. The van der Waals surface area contributed by atoms with Gasteiger partial charge >= 0.3 is 0 Å². The van der Waals surface area contributed by atoms with Crippen LogP contribution in [-0.4, -0.2) is 5.97 Å². The molecular formula is C31H34O2S. The fourth-order valence-corrected chi connectivity index (χ4v) is 8.74. The first-order valence-electron chi connectivity index (χ1n) is 12.6. The predicted molar refractivity (Wildman–Crippen MR) is 137 cm³/mol. The maximum Gasteiger partial charge on any atom is 0.166 e. The molecule has 4 saturated carbocycles. The van der Waals surface area contributed by atoms with Crippen LogP contribution >= 0.6 is 0 Å². The molecule has 3 aromatic carbocycles. The van der Waals surface area contributed by atoms with E-state index in [2.05, 4.69) is 92.7 Å². The van der Waals surface area contributed by atoms with Crippen LogP contribution in [0, 0.1) is 37.0 Å². The maximum atomic E-state index is 11.1. The summed E-state index contributed by atoms with van der Waals surface area (Å²) >= 11 is 0. The van der Waals surface area contributed by atoms with E-state index in [4.69, 9.17) is 0 Å². The lowest BCUT2D eigenvalue weighted by Gasteiger charge is -2.57. The van der Waals surface area contributed by atoms with Gasteiger partial charge in [0.15, 0.2) is 14.7 Å². The van der Waals surface area contributed by atoms with Crippen molar-refractivity contribution in [2.24, 2.45) is 23.2 Å². The van der Waals surface area contributed by atoms with Crippen molar-refractivity contribution in [3.63, 3.8) is 0 Å². The number of carboxylic acid groups (broad SMARTS) is 1. The molecule has 176 valence electrons. The monoisotopic (exact) mass is 470 g/mol. The third kappa shape index (κ3) is 4.81. The summed E-state index contributed by atoms with van der Waals surface area (Å²) in [5.74, 6) is 1.38. The van der Waals surface area contributed by atoms with E-state index in [0.717, 1.165) is 19.3 Å². The first-order chi connectivity index (χ1) is 16.4. The molecular weight excluding hydrogens is 436 g/mol. The van der Waals surface area contributed by atoms with Crippen LogP contribution in [0.3, 0.4) is 0 Å². The molecule has 0 aromatic heterocycles. The van der Waals surface area contributed by atoms with Gasteiger partial charge in [-0.25, -0.2) is 0 Å². The van der Waals surface area contributed by atoms with E-state index in [1.54, 1.807) is 0 Å². The van der Waals surface area contributed by atoms with Gasteiger partial charge in [-0.05, 0) is 107 Å². The summed E-state index contributed by atoms with van der Waals surface area (Å²) in [6.45, 7) is 4.27. The van der Waals surface area contributed by atoms with Gasteiger partial charge in [-0.3, -0.25) is 0 Å². The summed E-state index contributed by atoms with van der Waals surface area (Å²) in [5, 5.41) is 11.1. The lowest BCUT2D eigenvalue weighted by molar-refractivity contribution is -0.327. The van der Waals surface area contributed by atoms with Crippen molar-refractivity contribution >= 4 is 16.9 Å². The van der Waals surface area contributed by atoms with Crippen molar-refractivity contribution in [3.05, 3.63) is 90.0 Å². The van der Waals surface area contributed by atoms with E-state index in [-0.39, 0.29) is 10.9 Å². The van der Waals surface area contributed by atoms with Gasteiger partial charge in [-0.15, -0.1) is 0 Å². The van der Waals surface area contributed by atoms with Crippen LogP contribution in [-0.2, 0) is 15.7 Å². The first-order valence-corrected chi connectivity index (χ1v) is 13.8. The normalized spacial score (nSPS) is 26.7. The minimum absolute atomic E-state index is 0.0312. The molecule has 0 aliphatic heterocycles. The predicted octanol–water partition coefficient (Wildman–Crippen LogP) is 6.35. The number of aryl methyl sites for hydroxylation is 2. The Morgan fingerprint density at radius 3 is 1.44 bits per heavy atom. The number of hydrogen-bond acceptors (Lipinski definition) is 2. The Hall–Kier alpha value is -2.52. The number of aliphatic carboxylic acids is 1. The standard InChI is InChI=1S/C20H19S.C11H16O2/c1-16-8-12-19(13-9-16)21(18-6-4-3-5-7-18)20-14-10-17(2)11-15-20;12-10(13)11-4-7-1-8(5-11)3-9(2-7)6-11/h3-15H,1-2H3;7-9H,1-6H2,(H,12,13)/q+1;/p-1. The molecule has 7 rings (SSSR count). The molecule has 0 N–H and O–H groups in total. The van der Waals surface area contributed by atoms with Crippen molar-refractivity contribution in [2.45, 2.75) is 67.1 Å². The molecule has 4 aliphatic rings. The average Bonchev–Trinajstić information content (AvgIpc) is 2.82. The quantitative estimate of drug-likeness (QED) is 0.417. The second kappa shape index (κ2) is 9.62. The maximum absolute atomic E-state index is 11.1. The summed E-state index contributed by atoms with van der Waals surface area (Å²) < 4.78 is 0. The van der Waals surface area contributed by atoms with Crippen molar-refractivity contribution in [3.8, 4) is 0 Å². The molecule has 0 unspecified atom stereocenters. The lowest BCUT2D eigenvalue weighted by atomic mass is 9.49. The number of rotatable bonds is 4. The molecule has 0 amide bonds. The molecule has 0 heterocycles. The topological polar surface area (TPSA) is 40.1 Å². The highest BCUT2D eigenvalue weighted by atomic mass is 32.2. The Labute approximate surface area is 206 Å². The number of carboxylic acids is 1. The third-order valence-electron chi connectivity index (χ3n) is 7.96. The van der Waals surface area contributed by atoms with Crippen LogP contribution in [0.1, 0.15) is 49.7 Å². The summed E-state index contributed by atoms with van der Waals surface area (Å²) in [5.41, 5.74) is 2.22. The van der Waals surface area contributed by atoms with Gasteiger partial charge in [0.25, 0.3) is 0 Å². The zero-order valence-electron chi connectivity index (χ0n) is 20.2. The molecule has 2 nitrogen and oxygen atoms in total. The Balaban J connectivity index is 0.000000157. The Morgan fingerprint density at radius 2 is 1.06 bits per heavy atom. The molecule has 0 saturated heterocycles. The van der Waals surface area contributed by atoms with Gasteiger partial charge in [0, 0.05) is 11.4 Å². The van der Waals surface area contributed by atoms with E-state index < -0.39 is 11.4 Å². The van der Waals surface area contributed by atoms with Gasteiger partial charge in [0.2, 0.25) is 0 Å².